The molecule has 1 aliphatic rings. The molecule has 0 saturated carbocycles. The number of anilines is 1. The molecule has 2 amide bonds. The average Bonchev–Trinajstić information content (AvgIpc) is 2.44. The van der Waals surface area contributed by atoms with Crippen molar-refractivity contribution in [2.75, 3.05) is 45.2 Å². The van der Waals surface area contributed by atoms with Crippen molar-refractivity contribution in [1.82, 2.24) is 19.6 Å². The van der Waals surface area contributed by atoms with E-state index in [1.165, 1.54) is 4.68 Å². The summed E-state index contributed by atoms with van der Waals surface area (Å²) in [5.41, 5.74) is 0.624. The normalized spacial score (nSPS) is 15.4. The Morgan fingerprint density at radius 2 is 1.90 bits per heavy atom. The SMILES string of the molecule is CN(C)C(=O)N1CCN(c2cnn(C)c(=O)c2Br)CC1. The van der Waals surface area contributed by atoms with Crippen molar-refractivity contribution in [3.05, 3.63) is 21.0 Å². The first-order chi connectivity index (χ1) is 9.41. The van der Waals surface area contributed by atoms with Crippen LogP contribution in [0.25, 0.3) is 0 Å². The Bertz CT molecular complexity index is 563. The molecule has 0 bridgehead atoms. The number of piperazine rings is 1. The van der Waals surface area contributed by atoms with Crippen LogP contribution in [-0.2, 0) is 7.05 Å². The van der Waals surface area contributed by atoms with E-state index in [0.29, 0.717) is 30.7 Å². The summed E-state index contributed by atoms with van der Waals surface area (Å²) < 4.78 is 1.81. The number of halogens is 1. The minimum atomic E-state index is -0.158. The second-order valence-electron chi connectivity index (χ2n) is 4.92. The number of hydrogen-bond acceptors (Lipinski definition) is 4. The molecule has 1 fully saturated rings. The number of carbonyl (C=O) groups is 1. The smallest absolute Gasteiger partial charge is 0.319 e. The van der Waals surface area contributed by atoms with Gasteiger partial charge in [0.1, 0.15) is 4.47 Å². The zero-order valence-corrected chi connectivity index (χ0v) is 13.4. The number of hydrogen-bond donors (Lipinski definition) is 0. The standard InChI is InChI=1S/C12H18BrN5O2/c1-15(2)12(20)18-6-4-17(5-7-18)9-8-14-16(3)11(19)10(9)13/h8H,4-7H2,1-3H3. The van der Waals surface area contributed by atoms with Crippen molar-refractivity contribution in [3.63, 3.8) is 0 Å². The van der Waals surface area contributed by atoms with Crippen molar-refractivity contribution >= 4 is 27.6 Å². The first-order valence-corrected chi connectivity index (χ1v) is 7.14. The van der Waals surface area contributed by atoms with E-state index in [-0.39, 0.29) is 11.6 Å². The maximum Gasteiger partial charge on any atom is 0.319 e. The summed E-state index contributed by atoms with van der Waals surface area (Å²) in [4.78, 5) is 29.2. The van der Waals surface area contributed by atoms with Crippen molar-refractivity contribution in [2.45, 2.75) is 0 Å². The Balaban J connectivity index is 2.10. The van der Waals surface area contributed by atoms with E-state index < -0.39 is 0 Å². The van der Waals surface area contributed by atoms with Gasteiger partial charge in [-0.1, -0.05) is 0 Å². The van der Waals surface area contributed by atoms with E-state index in [1.807, 2.05) is 0 Å². The molecule has 0 spiro atoms. The van der Waals surface area contributed by atoms with Gasteiger partial charge in [0.05, 0.1) is 11.9 Å². The predicted octanol–water partition coefficient (Wildman–Crippen LogP) is 0.346. The topological polar surface area (TPSA) is 61.7 Å². The molecule has 0 aromatic carbocycles. The van der Waals surface area contributed by atoms with Gasteiger partial charge in [0.15, 0.2) is 0 Å². The lowest BCUT2D eigenvalue weighted by atomic mass is 10.3. The van der Waals surface area contributed by atoms with Gasteiger partial charge in [-0.05, 0) is 15.9 Å². The van der Waals surface area contributed by atoms with Gasteiger partial charge < -0.3 is 14.7 Å². The molecule has 20 heavy (non-hydrogen) atoms. The highest BCUT2D eigenvalue weighted by Gasteiger charge is 2.24. The molecule has 1 aliphatic heterocycles. The van der Waals surface area contributed by atoms with E-state index in [9.17, 15) is 9.59 Å². The van der Waals surface area contributed by atoms with Gasteiger partial charge in [-0.25, -0.2) is 9.48 Å². The minimum absolute atomic E-state index is 0.0193. The van der Waals surface area contributed by atoms with Crippen LogP contribution in [0.1, 0.15) is 0 Å². The van der Waals surface area contributed by atoms with Crippen LogP contribution in [0.2, 0.25) is 0 Å². The second kappa shape index (κ2) is 5.82. The van der Waals surface area contributed by atoms with Crippen LogP contribution in [0, 0.1) is 0 Å². The van der Waals surface area contributed by atoms with Crippen LogP contribution in [0.15, 0.2) is 15.5 Å². The Labute approximate surface area is 125 Å². The molecular formula is C12H18BrN5O2. The first-order valence-electron chi connectivity index (χ1n) is 6.35. The highest BCUT2D eigenvalue weighted by atomic mass is 79.9. The lowest BCUT2D eigenvalue weighted by molar-refractivity contribution is 0.168. The lowest BCUT2D eigenvalue weighted by Crippen LogP contribution is -2.51. The molecule has 2 heterocycles. The summed E-state index contributed by atoms with van der Waals surface area (Å²) >= 11 is 3.33. The predicted molar refractivity (Wildman–Crippen MR) is 80.0 cm³/mol. The summed E-state index contributed by atoms with van der Waals surface area (Å²) in [7, 11) is 5.11. The number of aryl methyl sites for hydroxylation is 1. The van der Waals surface area contributed by atoms with Crippen LogP contribution in [0.4, 0.5) is 10.5 Å². The van der Waals surface area contributed by atoms with Gasteiger partial charge in [0, 0.05) is 47.3 Å². The number of nitrogens with zero attached hydrogens (tertiary/aromatic N) is 5. The zero-order valence-electron chi connectivity index (χ0n) is 11.8. The first kappa shape index (κ1) is 14.8. The molecular weight excluding hydrogens is 326 g/mol. The molecule has 1 saturated heterocycles. The number of rotatable bonds is 1. The van der Waals surface area contributed by atoms with Gasteiger partial charge >= 0.3 is 6.03 Å². The van der Waals surface area contributed by atoms with Gasteiger partial charge in [0.25, 0.3) is 5.56 Å². The van der Waals surface area contributed by atoms with Gasteiger partial charge in [-0.15, -0.1) is 0 Å². The Morgan fingerprint density at radius 1 is 1.30 bits per heavy atom. The van der Waals surface area contributed by atoms with Gasteiger partial charge in [-0.3, -0.25) is 4.79 Å². The molecule has 7 nitrogen and oxygen atoms in total. The summed E-state index contributed by atoms with van der Waals surface area (Å²) in [6, 6.07) is 0.0193. The molecule has 110 valence electrons. The minimum Gasteiger partial charge on any atom is -0.366 e. The van der Waals surface area contributed by atoms with Crippen LogP contribution in [0.3, 0.4) is 0 Å². The van der Waals surface area contributed by atoms with E-state index in [1.54, 1.807) is 37.1 Å². The summed E-state index contributed by atoms with van der Waals surface area (Å²) in [6.07, 6.45) is 1.68. The molecule has 8 heteroatoms. The molecule has 0 radical (unpaired) electrons. The number of urea groups is 1. The fourth-order valence-corrected chi connectivity index (χ4v) is 2.75. The third-order valence-electron chi connectivity index (χ3n) is 3.33. The quantitative estimate of drug-likeness (QED) is 0.738. The summed E-state index contributed by atoms with van der Waals surface area (Å²) in [5, 5.41) is 4.04. The summed E-state index contributed by atoms with van der Waals surface area (Å²) in [6.45, 7) is 2.65. The Morgan fingerprint density at radius 3 is 2.45 bits per heavy atom. The monoisotopic (exact) mass is 343 g/mol. The maximum atomic E-state index is 11.9. The maximum absolute atomic E-state index is 11.9. The fraction of sp³-hybridized carbons (Fsp3) is 0.583. The molecule has 1 aromatic heterocycles. The number of aromatic nitrogens is 2. The summed E-state index contributed by atoms with van der Waals surface area (Å²) in [5.74, 6) is 0. The van der Waals surface area contributed by atoms with E-state index in [0.717, 1.165) is 5.69 Å². The average molecular weight is 344 g/mol. The molecule has 0 unspecified atom stereocenters. The third-order valence-corrected chi connectivity index (χ3v) is 4.08. The molecule has 0 N–H and O–H groups in total. The van der Waals surface area contributed by atoms with E-state index >= 15 is 0 Å². The number of amides is 2. The molecule has 1 aromatic rings. The van der Waals surface area contributed by atoms with Crippen molar-refractivity contribution in [2.24, 2.45) is 7.05 Å². The van der Waals surface area contributed by atoms with E-state index in [2.05, 4.69) is 25.9 Å². The molecule has 0 aliphatic carbocycles. The third kappa shape index (κ3) is 2.79. The Kier molecular flexibility index (Phi) is 4.32. The fourth-order valence-electron chi connectivity index (χ4n) is 2.14. The highest BCUT2D eigenvalue weighted by molar-refractivity contribution is 9.10. The van der Waals surface area contributed by atoms with E-state index in [4.69, 9.17) is 0 Å². The van der Waals surface area contributed by atoms with Crippen LogP contribution in [0.5, 0.6) is 0 Å². The number of carbonyl (C=O) groups excluding carboxylic acids is 1. The van der Waals surface area contributed by atoms with Gasteiger partial charge in [-0.2, -0.15) is 5.10 Å². The molecule has 0 atom stereocenters. The Hall–Kier alpha value is -1.57. The molecule has 2 rings (SSSR count). The zero-order chi connectivity index (χ0) is 14.9. The van der Waals surface area contributed by atoms with Gasteiger partial charge in [0.2, 0.25) is 0 Å². The largest absolute Gasteiger partial charge is 0.366 e. The van der Waals surface area contributed by atoms with Crippen LogP contribution >= 0.6 is 15.9 Å². The van der Waals surface area contributed by atoms with Crippen molar-refractivity contribution < 1.29 is 4.79 Å². The van der Waals surface area contributed by atoms with Crippen molar-refractivity contribution in [1.29, 1.82) is 0 Å². The van der Waals surface area contributed by atoms with Crippen LogP contribution in [-0.4, -0.2) is 65.9 Å². The lowest BCUT2D eigenvalue weighted by Gasteiger charge is -2.37. The highest BCUT2D eigenvalue weighted by Crippen LogP contribution is 2.22. The second-order valence-corrected chi connectivity index (χ2v) is 5.72. The van der Waals surface area contributed by atoms with Crippen LogP contribution < -0.4 is 10.5 Å². The van der Waals surface area contributed by atoms with Crippen molar-refractivity contribution in [3.8, 4) is 0 Å².